The molecule has 2 heterocycles. The molecule has 8 heteroatoms. The van der Waals surface area contributed by atoms with Crippen LogP contribution in [0.4, 0.5) is 0 Å². The van der Waals surface area contributed by atoms with E-state index in [9.17, 15) is 9.59 Å². The van der Waals surface area contributed by atoms with Crippen LogP contribution in [0, 0.1) is 6.92 Å². The SMILES string of the molecule is Cc1c(C(=O)Oc2ccccc2)oc2c1/C(=N/NC(=O)c1cncc(Br)c1)CCC2. The van der Waals surface area contributed by atoms with E-state index in [0.717, 1.165) is 12.0 Å². The Hall–Kier alpha value is -3.26. The molecule has 152 valence electrons. The summed E-state index contributed by atoms with van der Waals surface area (Å²) >= 11 is 3.29. The third-order valence-electron chi connectivity index (χ3n) is 4.72. The van der Waals surface area contributed by atoms with Crippen molar-refractivity contribution in [2.24, 2.45) is 5.10 Å². The number of amides is 1. The van der Waals surface area contributed by atoms with Crippen LogP contribution in [-0.2, 0) is 6.42 Å². The van der Waals surface area contributed by atoms with E-state index in [0.29, 0.717) is 45.7 Å². The van der Waals surface area contributed by atoms with Gasteiger partial charge < -0.3 is 9.15 Å². The maximum atomic E-state index is 12.6. The normalized spacial score (nSPS) is 14.3. The number of pyridine rings is 1. The molecule has 1 amide bonds. The van der Waals surface area contributed by atoms with Gasteiger partial charge >= 0.3 is 5.97 Å². The molecule has 0 radical (unpaired) electrons. The van der Waals surface area contributed by atoms with Crippen molar-refractivity contribution < 1.29 is 18.7 Å². The third kappa shape index (κ3) is 4.18. The lowest BCUT2D eigenvalue weighted by Gasteiger charge is -2.13. The first-order valence-electron chi connectivity index (χ1n) is 9.40. The van der Waals surface area contributed by atoms with E-state index in [2.05, 4.69) is 31.4 Å². The summed E-state index contributed by atoms with van der Waals surface area (Å²) in [7, 11) is 0. The highest BCUT2D eigenvalue weighted by atomic mass is 79.9. The number of aromatic nitrogens is 1. The number of carbonyl (C=O) groups is 2. The molecule has 3 aromatic rings. The van der Waals surface area contributed by atoms with Crippen molar-refractivity contribution in [1.82, 2.24) is 10.4 Å². The van der Waals surface area contributed by atoms with Gasteiger partial charge in [-0.1, -0.05) is 18.2 Å². The average molecular weight is 468 g/mol. The number of ether oxygens (including phenoxy) is 1. The Morgan fingerprint density at radius 3 is 2.77 bits per heavy atom. The second-order valence-corrected chi connectivity index (χ2v) is 7.72. The van der Waals surface area contributed by atoms with Crippen LogP contribution in [0.15, 0.2) is 62.8 Å². The van der Waals surface area contributed by atoms with E-state index in [1.165, 1.54) is 6.20 Å². The van der Waals surface area contributed by atoms with Crippen molar-refractivity contribution in [3.63, 3.8) is 0 Å². The number of esters is 1. The van der Waals surface area contributed by atoms with Gasteiger partial charge in [-0.2, -0.15) is 5.10 Å². The quantitative estimate of drug-likeness (QED) is 0.347. The molecule has 0 atom stereocenters. The summed E-state index contributed by atoms with van der Waals surface area (Å²) in [6.07, 6.45) is 5.23. The fourth-order valence-corrected chi connectivity index (χ4v) is 3.70. The number of nitrogens with zero attached hydrogens (tertiary/aromatic N) is 2. The Balaban J connectivity index is 1.57. The van der Waals surface area contributed by atoms with Crippen molar-refractivity contribution >= 4 is 33.5 Å². The summed E-state index contributed by atoms with van der Waals surface area (Å²) in [6.45, 7) is 1.80. The predicted molar refractivity (Wildman–Crippen MR) is 114 cm³/mol. The molecule has 0 unspecified atom stereocenters. The van der Waals surface area contributed by atoms with Crippen LogP contribution in [0.25, 0.3) is 0 Å². The average Bonchev–Trinajstić information content (AvgIpc) is 3.10. The summed E-state index contributed by atoms with van der Waals surface area (Å²) in [5.41, 5.74) is 5.05. The molecule has 30 heavy (non-hydrogen) atoms. The first-order valence-corrected chi connectivity index (χ1v) is 10.2. The fraction of sp³-hybridized carbons (Fsp3) is 0.182. The van der Waals surface area contributed by atoms with Gasteiger partial charge in [-0.15, -0.1) is 0 Å². The number of halogens is 1. The maximum Gasteiger partial charge on any atom is 0.379 e. The van der Waals surface area contributed by atoms with Gasteiger partial charge in [-0.05, 0) is 53.9 Å². The van der Waals surface area contributed by atoms with Gasteiger partial charge in [0.1, 0.15) is 11.5 Å². The second-order valence-electron chi connectivity index (χ2n) is 6.80. The number of aryl methyl sites for hydroxylation is 1. The van der Waals surface area contributed by atoms with Crippen LogP contribution in [0.5, 0.6) is 5.75 Å². The zero-order chi connectivity index (χ0) is 21.1. The molecular formula is C22H18BrN3O4. The fourth-order valence-electron chi connectivity index (χ4n) is 3.34. The Morgan fingerprint density at radius 1 is 1.20 bits per heavy atom. The van der Waals surface area contributed by atoms with Crippen LogP contribution < -0.4 is 10.2 Å². The van der Waals surface area contributed by atoms with Crippen molar-refractivity contribution in [1.29, 1.82) is 0 Å². The Kier molecular flexibility index (Phi) is 5.76. The summed E-state index contributed by atoms with van der Waals surface area (Å²) in [5, 5.41) is 4.31. The molecule has 0 spiro atoms. The lowest BCUT2D eigenvalue weighted by Crippen LogP contribution is -2.22. The van der Waals surface area contributed by atoms with Crippen LogP contribution in [0.3, 0.4) is 0 Å². The number of hydrazone groups is 1. The smallest absolute Gasteiger partial charge is 0.379 e. The molecule has 7 nitrogen and oxygen atoms in total. The van der Waals surface area contributed by atoms with Gasteiger partial charge in [-0.25, -0.2) is 10.2 Å². The number of furan rings is 1. The van der Waals surface area contributed by atoms with Gasteiger partial charge in [0.05, 0.1) is 11.3 Å². The summed E-state index contributed by atoms with van der Waals surface area (Å²) < 4.78 is 11.9. The first kappa shape index (κ1) is 20.0. The molecule has 1 aliphatic rings. The summed E-state index contributed by atoms with van der Waals surface area (Å²) in [6, 6.07) is 10.5. The number of rotatable bonds is 4. The number of fused-ring (bicyclic) bond motifs is 1. The van der Waals surface area contributed by atoms with Gasteiger partial charge in [-0.3, -0.25) is 9.78 Å². The topological polar surface area (TPSA) is 93.8 Å². The molecule has 0 aliphatic heterocycles. The van der Waals surface area contributed by atoms with Crippen molar-refractivity contribution in [3.05, 3.63) is 81.5 Å². The number of hydrogen-bond acceptors (Lipinski definition) is 6. The van der Waals surface area contributed by atoms with Gasteiger partial charge in [0, 0.05) is 34.4 Å². The minimum absolute atomic E-state index is 0.154. The first-order chi connectivity index (χ1) is 14.5. The molecule has 0 saturated heterocycles. The predicted octanol–water partition coefficient (Wildman–Crippen LogP) is 4.44. The number of carbonyl (C=O) groups excluding carboxylic acids is 2. The highest BCUT2D eigenvalue weighted by molar-refractivity contribution is 9.10. The lowest BCUT2D eigenvalue weighted by molar-refractivity contribution is 0.0698. The number of hydrogen-bond donors (Lipinski definition) is 1. The van der Waals surface area contributed by atoms with Gasteiger partial charge in [0.25, 0.3) is 5.91 Å². The molecular weight excluding hydrogens is 450 g/mol. The highest BCUT2D eigenvalue weighted by Crippen LogP contribution is 2.30. The largest absolute Gasteiger partial charge is 0.453 e. The van der Waals surface area contributed by atoms with Gasteiger partial charge in [0.15, 0.2) is 0 Å². The molecule has 1 aromatic carbocycles. The highest BCUT2D eigenvalue weighted by Gasteiger charge is 2.29. The van der Waals surface area contributed by atoms with Crippen LogP contribution >= 0.6 is 15.9 Å². The van der Waals surface area contributed by atoms with E-state index in [-0.39, 0.29) is 11.7 Å². The molecule has 1 N–H and O–H groups in total. The zero-order valence-corrected chi connectivity index (χ0v) is 17.7. The standard InChI is InChI=1S/C22H18BrN3O4/c1-13-19-17(25-26-21(27)14-10-15(23)12-24-11-14)8-5-9-18(19)30-20(13)22(28)29-16-6-3-2-4-7-16/h2-4,6-7,10-12H,5,8-9H2,1H3,(H,26,27)/b25-17+. The Morgan fingerprint density at radius 2 is 2.00 bits per heavy atom. The molecule has 1 aliphatic carbocycles. The minimum atomic E-state index is -0.559. The second kappa shape index (κ2) is 8.62. The summed E-state index contributed by atoms with van der Waals surface area (Å²) in [5.74, 6) is 0.349. The van der Waals surface area contributed by atoms with Crippen LogP contribution in [-0.4, -0.2) is 22.6 Å². The Bertz CT molecular complexity index is 1140. The van der Waals surface area contributed by atoms with E-state index in [1.807, 2.05) is 6.07 Å². The van der Waals surface area contributed by atoms with Crippen LogP contribution in [0.2, 0.25) is 0 Å². The van der Waals surface area contributed by atoms with Crippen molar-refractivity contribution in [2.75, 3.05) is 0 Å². The van der Waals surface area contributed by atoms with E-state index < -0.39 is 5.97 Å². The number of nitrogens with one attached hydrogen (secondary N) is 1. The van der Waals surface area contributed by atoms with E-state index >= 15 is 0 Å². The molecule has 4 rings (SSSR count). The Labute approximate surface area is 181 Å². The van der Waals surface area contributed by atoms with Gasteiger partial charge in [0.2, 0.25) is 5.76 Å². The van der Waals surface area contributed by atoms with Crippen molar-refractivity contribution in [3.8, 4) is 5.75 Å². The monoisotopic (exact) mass is 467 g/mol. The van der Waals surface area contributed by atoms with E-state index in [1.54, 1.807) is 43.5 Å². The zero-order valence-electron chi connectivity index (χ0n) is 16.1. The number of benzene rings is 1. The number of para-hydroxylation sites is 1. The lowest BCUT2D eigenvalue weighted by atomic mass is 9.93. The third-order valence-corrected chi connectivity index (χ3v) is 5.16. The minimum Gasteiger partial charge on any atom is -0.453 e. The van der Waals surface area contributed by atoms with Crippen molar-refractivity contribution in [2.45, 2.75) is 26.2 Å². The molecule has 0 saturated carbocycles. The van der Waals surface area contributed by atoms with E-state index in [4.69, 9.17) is 9.15 Å². The molecule has 0 bridgehead atoms. The maximum absolute atomic E-state index is 12.6. The molecule has 2 aromatic heterocycles. The summed E-state index contributed by atoms with van der Waals surface area (Å²) in [4.78, 5) is 29.0. The molecule has 0 fully saturated rings. The van der Waals surface area contributed by atoms with Crippen LogP contribution in [0.1, 0.15) is 50.6 Å².